The second-order valence-electron chi connectivity index (χ2n) is 5.72. The van der Waals surface area contributed by atoms with Crippen LogP contribution in [0.4, 0.5) is 23.3 Å². The molecule has 144 valence electrons. The van der Waals surface area contributed by atoms with Crippen LogP contribution in [0.15, 0.2) is 35.4 Å². The van der Waals surface area contributed by atoms with Crippen molar-refractivity contribution in [2.45, 2.75) is 13.8 Å². The van der Waals surface area contributed by atoms with Crippen molar-refractivity contribution in [1.29, 1.82) is 0 Å². The van der Waals surface area contributed by atoms with Crippen molar-refractivity contribution in [2.75, 3.05) is 42.7 Å². The highest BCUT2D eigenvalue weighted by Crippen LogP contribution is 2.18. The van der Waals surface area contributed by atoms with Crippen molar-refractivity contribution in [3.63, 3.8) is 0 Å². The van der Waals surface area contributed by atoms with Gasteiger partial charge in [0, 0.05) is 18.7 Å². The number of anilines is 3. The molecule has 27 heavy (non-hydrogen) atoms. The van der Waals surface area contributed by atoms with Gasteiger partial charge >= 0.3 is 0 Å². The summed E-state index contributed by atoms with van der Waals surface area (Å²) in [6, 6.07) is 7.96. The van der Waals surface area contributed by atoms with E-state index < -0.39 is 4.92 Å². The predicted molar refractivity (Wildman–Crippen MR) is 107 cm³/mol. The summed E-state index contributed by atoms with van der Waals surface area (Å²) in [5.74, 6) is 0.701. The molecule has 0 saturated heterocycles. The highest BCUT2D eigenvalue weighted by atomic mass is 16.6. The van der Waals surface area contributed by atoms with Gasteiger partial charge in [-0.1, -0.05) is 26.0 Å². The highest BCUT2D eigenvalue weighted by molar-refractivity contribution is 5.85. The molecule has 0 aliphatic rings. The lowest BCUT2D eigenvalue weighted by atomic mass is 10.2. The first-order valence-electron chi connectivity index (χ1n) is 8.61. The third kappa shape index (κ3) is 5.61. The standard InChI is InChI=1S/C17H24N8O2/c1-3-23(4-2)9-10-24(16-11-15(18)21-17(19)22-16)20-12-13-7-5-6-8-14(13)25(26)27/h5-8,11-12H,3-4,9-10H2,1-2H3,(H4,18,19,21,22)/b20-12+. The quantitative estimate of drug-likeness (QED) is 0.385. The zero-order valence-corrected chi connectivity index (χ0v) is 15.4. The van der Waals surface area contributed by atoms with E-state index in [0.29, 0.717) is 17.9 Å². The molecule has 0 aliphatic heterocycles. The summed E-state index contributed by atoms with van der Waals surface area (Å²) in [4.78, 5) is 21.0. The maximum Gasteiger partial charge on any atom is 0.278 e. The molecule has 1 aromatic carbocycles. The van der Waals surface area contributed by atoms with E-state index in [1.165, 1.54) is 12.3 Å². The average molecular weight is 372 g/mol. The van der Waals surface area contributed by atoms with E-state index in [-0.39, 0.29) is 17.5 Å². The van der Waals surface area contributed by atoms with E-state index in [9.17, 15) is 10.1 Å². The van der Waals surface area contributed by atoms with Gasteiger partial charge in [-0.2, -0.15) is 15.1 Å². The number of para-hydroxylation sites is 1. The zero-order chi connectivity index (χ0) is 19.8. The lowest BCUT2D eigenvalue weighted by Crippen LogP contribution is -2.33. The molecule has 4 N–H and O–H groups in total. The third-order valence-electron chi connectivity index (χ3n) is 4.01. The fourth-order valence-electron chi connectivity index (χ4n) is 2.51. The number of rotatable bonds is 9. The first kappa shape index (κ1) is 20.0. The first-order chi connectivity index (χ1) is 12.9. The fourth-order valence-corrected chi connectivity index (χ4v) is 2.51. The van der Waals surface area contributed by atoms with Gasteiger partial charge in [0.2, 0.25) is 5.95 Å². The molecule has 0 saturated carbocycles. The molecule has 1 heterocycles. The molecule has 2 rings (SSSR count). The number of nitrogen functional groups attached to an aromatic ring is 2. The summed E-state index contributed by atoms with van der Waals surface area (Å²) in [7, 11) is 0. The molecule has 0 amide bonds. The highest BCUT2D eigenvalue weighted by Gasteiger charge is 2.13. The molecule has 1 aromatic heterocycles. The largest absolute Gasteiger partial charge is 0.383 e. The summed E-state index contributed by atoms with van der Waals surface area (Å²) in [6.45, 7) is 7.18. The van der Waals surface area contributed by atoms with Gasteiger partial charge in [0.15, 0.2) is 5.82 Å². The van der Waals surface area contributed by atoms with Crippen LogP contribution in [-0.4, -0.2) is 52.2 Å². The van der Waals surface area contributed by atoms with Gasteiger partial charge in [0.05, 0.1) is 23.2 Å². The molecule has 2 aromatic rings. The Hall–Kier alpha value is -3.27. The van der Waals surface area contributed by atoms with E-state index in [2.05, 4.69) is 33.8 Å². The molecule has 0 spiro atoms. The molecular weight excluding hydrogens is 348 g/mol. The molecule has 10 nitrogen and oxygen atoms in total. The summed E-state index contributed by atoms with van der Waals surface area (Å²) < 4.78 is 0. The zero-order valence-electron chi connectivity index (χ0n) is 15.4. The molecule has 10 heteroatoms. The van der Waals surface area contributed by atoms with Crippen LogP contribution >= 0.6 is 0 Å². The number of nitrogens with zero attached hydrogens (tertiary/aromatic N) is 6. The van der Waals surface area contributed by atoms with Crippen LogP contribution in [0.3, 0.4) is 0 Å². The Balaban J connectivity index is 2.33. The van der Waals surface area contributed by atoms with Crippen LogP contribution in [0.2, 0.25) is 0 Å². The van der Waals surface area contributed by atoms with Crippen LogP contribution in [-0.2, 0) is 0 Å². The molecule has 0 fully saturated rings. The first-order valence-corrected chi connectivity index (χ1v) is 8.61. The Morgan fingerprint density at radius 1 is 1.19 bits per heavy atom. The molecule has 0 aliphatic carbocycles. The number of likely N-dealkylation sites (N-methyl/N-ethyl adjacent to an activating group) is 1. The van der Waals surface area contributed by atoms with Crippen molar-refractivity contribution < 1.29 is 4.92 Å². The number of nitro benzene ring substituents is 1. The van der Waals surface area contributed by atoms with Gasteiger partial charge in [-0.05, 0) is 19.2 Å². The fraction of sp³-hybridized carbons (Fsp3) is 0.353. The number of hydrazone groups is 1. The van der Waals surface area contributed by atoms with Gasteiger partial charge in [-0.25, -0.2) is 5.01 Å². The minimum absolute atomic E-state index is 0.0216. The average Bonchev–Trinajstić information content (AvgIpc) is 2.64. The predicted octanol–water partition coefficient (Wildman–Crippen LogP) is 1.73. The van der Waals surface area contributed by atoms with Crippen LogP contribution < -0.4 is 16.5 Å². The van der Waals surface area contributed by atoms with Crippen LogP contribution in [0.5, 0.6) is 0 Å². The smallest absolute Gasteiger partial charge is 0.278 e. The number of hydrogen-bond donors (Lipinski definition) is 2. The van der Waals surface area contributed by atoms with Crippen molar-refractivity contribution in [3.05, 3.63) is 46.0 Å². The van der Waals surface area contributed by atoms with E-state index in [1.54, 1.807) is 29.3 Å². The summed E-state index contributed by atoms with van der Waals surface area (Å²) >= 11 is 0. The Bertz CT molecular complexity index is 787. The maximum absolute atomic E-state index is 11.2. The van der Waals surface area contributed by atoms with Crippen LogP contribution in [0.25, 0.3) is 0 Å². The second-order valence-corrected chi connectivity index (χ2v) is 5.72. The summed E-state index contributed by atoms with van der Waals surface area (Å²) in [5.41, 5.74) is 11.8. The number of nitro groups is 1. The van der Waals surface area contributed by atoms with Gasteiger partial charge < -0.3 is 16.4 Å². The lowest BCUT2D eigenvalue weighted by molar-refractivity contribution is -0.385. The SMILES string of the molecule is CCN(CC)CCN(/N=C/c1ccccc1[N+](=O)[O-])c1cc(N)nc(N)n1. The minimum atomic E-state index is -0.442. The van der Waals surface area contributed by atoms with Gasteiger partial charge in [0.25, 0.3) is 5.69 Å². The monoisotopic (exact) mass is 372 g/mol. The number of aromatic nitrogens is 2. The summed E-state index contributed by atoms with van der Waals surface area (Å²) in [5, 5.41) is 17.2. The van der Waals surface area contributed by atoms with E-state index >= 15 is 0 Å². The molecule has 0 unspecified atom stereocenters. The van der Waals surface area contributed by atoms with E-state index in [1.807, 2.05) is 0 Å². The Morgan fingerprint density at radius 2 is 1.89 bits per heavy atom. The molecule has 0 atom stereocenters. The Morgan fingerprint density at radius 3 is 2.52 bits per heavy atom. The van der Waals surface area contributed by atoms with Gasteiger partial charge in [-0.3, -0.25) is 10.1 Å². The minimum Gasteiger partial charge on any atom is -0.383 e. The third-order valence-corrected chi connectivity index (χ3v) is 4.01. The number of nitrogens with two attached hydrogens (primary N) is 2. The van der Waals surface area contributed by atoms with Crippen LogP contribution in [0.1, 0.15) is 19.4 Å². The molecule has 0 bridgehead atoms. The normalized spacial score (nSPS) is 11.2. The molecule has 0 radical (unpaired) electrons. The Kier molecular flexibility index (Phi) is 7.00. The topological polar surface area (TPSA) is 140 Å². The summed E-state index contributed by atoms with van der Waals surface area (Å²) in [6.07, 6.45) is 1.44. The maximum atomic E-state index is 11.2. The number of hydrogen-bond acceptors (Lipinski definition) is 9. The van der Waals surface area contributed by atoms with E-state index in [4.69, 9.17) is 11.5 Å². The van der Waals surface area contributed by atoms with Crippen molar-refractivity contribution in [1.82, 2.24) is 14.9 Å². The Labute approximate surface area is 157 Å². The van der Waals surface area contributed by atoms with Gasteiger partial charge in [-0.15, -0.1) is 0 Å². The van der Waals surface area contributed by atoms with Crippen molar-refractivity contribution in [2.24, 2.45) is 5.10 Å². The van der Waals surface area contributed by atoms with Crippen molar-refractivity contribution in [3.8, 4) is 0 Å². The van der Waals surface area contributed by atoms with Gasteiger partial charge in [0.1, 0.15) is 5.82 Å². The second kappa shape index (κ2) is 9.43. The van der Waals surface area contributed by atoms with Crippen LogP contribution in [0, 0.1) is 10.1 Å². The number of benzene rings is 1. The molecular formula is C17H24N8O2. The van der Waals surface area contributed by atoms with E-state index in [0.717, 1.165) is 19.6 Å². The lowest BCUT2D eigenvalue weighted by Gasteiger charge is -2.23. The van der Waals surface area contributed by atoms with Crippen molar-refractivity contribution >= 4 is 29.5 Å².